The molecule has 1 saturated heterocycles. The van der Waals surface area contributed by atoms with Gasteiger partial charge in [-0.25, -0.2) is 0 Å². The van der Waals surface area contributed by atoms with Crippen molar-refractivity contribution in [3.63, 3.8) is 0 Å². The molecule has 1 aromatic carbocycles. The fourth-order valence-corrected chi connectivity index (χ4v) is 4.88. The zero-order valence-electron chi connectivity index (χ0n) is 12.7. The number of carbonyl (C=O) groups excluding carboxylic acids is 1. The average molecular weight is 348 g/mol. The van der Waals surface area contributed by atoms with E-state index in [1.807, 2.05) is 17.0 Å². The third kappa shape index (κ3) is 2.80. The first-order chi connectivity index (χ1) is 11.2. The Balaban J connectivity index is 1.68. The minimum absolute atomic E-state index is 0.0950. The topological polar surface area (TPSA) is 29.5 Å². The molecule has 0 spiro atoms. The van der Waals surface area contributed by atoms with E-state index >= 15 is 0 Å². The second kappa shape index (κ2) is 6.27. The van der Waals surface area contributed by atoms with Gasteiger partial charge in [0.2, 0.25) is 0 Å². The molecule has 2 unspecified atom stereocenters. The van der Waals surface area contributed by atoms with Gasteiger partial charge in [0.05, 0.1) is 12.6 Å². The number of ether oxygens (including phenoxy) is 1. The number of thiophene rings is 1. The largest absolute Gasteiger partial charge is 0.381 e. The highest BCUT2D eigenvalue weighted by molar-refractivity contribution is 7.10. The fourth-order valence-electron chi connectivity index (χ4n) is 3.59. The molecular weight excluding hydrogens is 330 g/mol. The molecule has 1 aromatic heterocycles. The Morgan fingerprint density at radius 2 is 2.09 bits per heavy atom. The van der Waals surface area contributed by atoms with Gasteiger partial charge in [-0.3, -0.25) is 4.79 Å². The minimum Gasteiger partial charge on any atom is -0.381 e. The lowest BCUT2D eigenvalue weighted by Crippen LogP contribution is -2.42. The van der Waals surface area contributed by atoms with Crippen molar-refractivity contribution in [3.05, 3.63) is 56.7 Å². The van der Waals surface area contributed by atoms with E-state index < -0.39 is 0 Å². The lowest BCUT2D eigenvalue weighted by Gasteiger charge is -2.38. The Morgan fingerprint density at radius 1 is 1.26 bits per heavy atom. The summed E-state index contributed by atoms with van der Waals surface area (Å²) in [5.41, 5.74) is 2.10. The van der Waals surface area contributed by atoms with Gasteiger partial charge >= 0.3 is 0 Å². The zero-order valence-corrected chi connectivity index (χ0v) is 14.3. The van der Waals surface area contributed by atoms with Crippen molar-refractivity contribution in [1.82, 2.24) is 4.90 Å². The Kier molecular flexibility index (Phi) is 4.14. The van der Waals surface area contributed by atoms with Crippen LogP contribution in [-0.2, 0) is 11.2 Å². The van der Waals surface area contributed by atoms with Crippen molar-refractivity contribution >= 4 is 28.8 Å². The number of fused-ring (bicyclic) bond motifs is 1. The number of nitrogens with zero attached hydrogens (tertiary/aromatic N) is 1. The monoisotopic (exact) mass is 347 g/mol. The molecule has 3 heterocycles. The van der Waals surface area contributed by atoms with Crippen LogP contribution in [-0.4, -0.2) is 30.6 Å². The summed E-state index contributed by atoms with van der Waals surface area (Å²) < 4.78 is 5.60. The number of benzene rings is 1. The maximum Gasteiger partial charge on any atom is 0.254 e. The average Bonchev–Trinajstić information content (AvgIpc) is 3.25. The first kappa shape index (κ1) is 15.2. The van der Waals surface area contributed by atoms with Crippen molar-refractivity contribution in [2.75, 3.05) is 19.8 Å². The number of hydrogen-bond donors (Lipinski definition) is 0. The molecule has 0 aliphatic carbocycles. The lowest BCUT2D eigenvalue weighted by atomic mass is 9.89. The van der Waals surface area contributed by atoms with Crippen LogP contribution in [0.3, 0.4) is 0 Å². The molecule has 5 heteroatoms. The summed E-state index contributed by atoms with van der Waals surface area (Å²) in [5, 5.41) is 2.80. The van der Waals surface area contributed by atoms with Gasteiger partial charge in [-0.1, -0.05) is 11.6 Å². The molecule has 0 radical (unpaired) electrons. The van der Waals surface area contributed by atoms with Crippen LogP contribution in [0.2, 0.25) is 5.02 Å². The summed E-state index contributed by atoms with van der Waals surface area (Å²) in [5.74, 6) is 0.488. The number of halogens is 1. The van der Waals surface area contributed by atoms with Gasteiger partial charge in [0.25, 0.3) is 5.91 Å². The third-order valence-corrected chi connectivity index (χ3v) is 6.05. The van der Waals surface area contributed by atoms with Crippen LogP contribution in [0.15, 0.2) is 35.7 Å². The molecule has 1 fully saturated rings. The summed E-state index contributed by atoms with van der Waals surface area (Å²) in [6, 6.07) is 9.54. The van der Waals surface area contributed by atoms with Crippen molar-refractivity contribution < 1.29 is 9.53 Å². The summed E-state index contributed by atoms with van der Waals surface area (Å²) in [7, 11) is 0. The number of rotatable bonds is 2. The van der Waals surface area contributed by atoms with E-state index in [9.17, 15) is 4.79 Å². The van der Waals surface area contributed by atoms with E-state index in [1.54, 1.807) is 23.5 Å². The number of amides is 1. The van der Waals surface area contributed by atoms with E-state index in [1.165, 1.54) is 10.4 Å². The van der Waals surface area contributed by atoms with Crippen LogP contribution in [0.5, 0.6) is 0 Å². The molecule has 2 atom stereocenters. The van der Waals surface area contributed by atoms with E-state index in [4.69, 9.17) is 16.3 Å². The predicted molar refractivity (Wildman–Crippen MR) is 92.2 cm³/mol. The van der Waals surface area contributed by atoms with E-state index in [0.717, 1.165) is 32.6 Å². The maximum absolute atomic E-state index is 13.1. The molecular formula is C18H18ClNO2S. The maximum atomic E-state index is 13.1. The van der Waals surface area contributed by atoms with E-state index in [0.29, 0.717) is 16.5 Å². The minimum atomic E-state index is 0.0950. The molecule has 1 amide bonds. The smallest absolute Gasteiger partial charge is 0.254 e. The van der Waals surface area contributed by atoms with Crippen LogP contribution in [0.1, 0.15) is 33.3 Å². The van der Waals surface area contributed by atoms with E-state index in [-0.39, 0.29) is 11.9 Å². The van der Waals surface area contributed by atoms with Gasteiger partial charge in [0, 0.05) is 34.5 Å². The highest BCUT2D eigenvalue weighted by Crippen LogP contribution is 2.42. The van der Waals surface area contributed by atoms with Gasteiger partial charge in [-0.15, -0.1) is 11.3 Å². The first-order valence-electron chi connectivity index (χ1n) is 7.94. The summed E-state index contributed by atoms with van der Waals surface area (Å²) in [6.07, 6.45) is 1.95. The molecule has 2 aliphatic rings. The second-order valence-corrected chi connectivity index (χ2v) is 7.52. The van der Waals surface area contributed by atoms with Gasteiger partial charge in [0.1, 0.15) is 0 Å². The lowest BCUT2D eigenvalue weighted by molar-refractivity contribution is 0.0569. The Hall–Kier alpha value is -1.36. The van der Waals surface area contributed by atoms with Crippen molar-refractivity contribution in [2.24, 2.45) is 5.92 Å². The third-order valence-electron chi connectivity index (χ3n) is 4.77. The quantitative estimate of drug-likeness (QED) is 0.815. The summed E-state index contributed by atoms with van der Waals surface area (Å²) >= 11 is 7.72. The summed E-state index contributed by atoms with van der Waals surface area (Å²) in [4.78, 5) is 16.4. The first-order valence-corrected chi connectivity index (χ1v) is 9.20. The molecule has 0 bridgehead atoms. The van der Waals surface area contributed by atoms with Crippen LogP contribution >= 0.6 is 22.9 Å². The van der Waals surface area contributed by atoms with Crippen molar-refractivity contribution in [1.29, 1.82) is 0 Å². The van der Waals surface area contributed by atoms with Crippen molar-refractivity contribution in [2.45, 2.75) is 18.9 Å². The van der Waals surface area contributed by atoms with Gasteiger partial charge in [-0.05, 0) is 54.1 Å². The Labute approximate surface area is 144 Å². The van der Waals surface area contributed by atoms with Gasteiger partial charge < -0.3 is 9.64 Å². The van der Waals surface area contributed by atoms with Crippen LogP contribution in [0.4, 0.5) is 0 Å². The van der Waals surface area contributed by atoms with E-state index in [2.05, 4.69) is 11.4 Å². The number of hydrogen-bond acceptors (Lipinski definition) is 3. The number of carbonyl (C=O) groups is 1. The highest BCUT2D eigenvalue weighted by atomic mass is 35.5. The van der Waals surface area contributed by atoms with Gasteiger partial charge in [0.15, 0.2) is 0 Å². The SMILES string of the molecule is O=C(c1ccc(Cl)cc1)N1CCc2ccsc2C1C1CCOC1. The molecule has 2 aromatic rings. The fraction of sp³-hybridized carbons (Fsp3) is 0.389. The van der Waals surface area contributed by atoms with Gasteiger partial charge in [-0.2, -0.15) is 0 Å². The highest BCUT2D eigenvalue weighted by Gasteiger charge is 2.39. The Morgan fingerprint density at radius 3 is 2.83 bits per heavy atom. The van der Waals surface area contributed by atoms with Crippen LogP contribution < -0.4 is 0 Å². The zero-order chi connectivity index (χ0) is 15.8. The molecule has 120 valence electrons. The molecule has 0 N–H and O–H groups in total. The van der Waals surface area contributed by atoms with Crippen LogP contribution in [0.25, 0.3) is 0 Å². The molecule has 23 heavy (non-hydrogen) atoms. The molecule has 3 nitrogen and oxygen atoms in total. The molecule has 4 rings (SSSR count). The van der Waals surface area contributed by atoms with Crippen LogP contribution in [0, 0.1) is 5.92 Å². The molecule has 0 saturated carbocycles. The summed E-state index contributed by atoms with van der Waals surface area (Å²) in [6.45, 7) is 2.31. The normalized spacial score (nSPS) is 23.8. The predicted octanol–water partition coefficient (Wildman–Crippen LogP) is 4.18. The Bertz CT molecular complexity index is 706. The second-order valence-electron chi connectivity index (χ2n) is 6.13. The standard InChI is InChI=1S/C18H18ClNO2S/c19-15-3-1-13(2-4-15)18(21)20-8-5-12-7-10-23-17(12)16(20)14-6-9-22-11-14/h1-4,7,10,14,16H,5-6,8-9,11H2. The van der Waals surface area contributed by atoms with Crippen molar-refractivity contribution in [3.8, 4) is 0 Å². The molecule has 2 aliphatic heterocycles.